The predicted molar refractivity (Wildman–Crippen MR) is 84.1 cm³/mol. The van der Waals surface area contributed by atoms with Gasteiger partial charge in [0, 0.05) is 21.7 Å². The molecule has 0 N–H and O–H groups in total. The van der Waals surface area contributed by atoms with Crippen molar-refractivity contribution in [1.82, 2.24) is 0 Å². The molecule has 0 spiro atoms. The van der Waals surface area contributed by atoms with Crippen LogP contribution < -0.4 is 4.90 Å². The summed E-state index contributed by atoms with van der Waals surface area (Å²) in [5.41, 5.74) is 0.895. The van der Waals surface area contributed by atoms with E-state index in [0.29, 0.717) is 13.0 Å². The number of carbonyl (C=O) groups excluding carboxylic acids is 2. The van der Waals surface area contributed by atoms with Crippen molar-refractivity contribution >= 4 is 40.0 Å². The molecular formula is C15H18INO2. The van der Waals surface area contributed by atoms with Crippen LogP contribution in [0.25, 0.3) is 0 Å². The van der Waals surface area contributed by atoms with Crippen molar-refractivity contribution in [2.45, 2.75) is 26.7 Å². The van der Waals surface area contributed by atoms with Crippen LogP contribution in [0.2, 0.25) is 0 Å². The van der Waals surface area contributed by atoms with Crippen molar-refractivity contribution in [2.24, 2.45) is 11.8 Å². The molecule has 0 bridgehead atoms. The van der Waals surface area contributed by atoms with Crippen LogP contribution in [-0.2, 0) is 9.59 Å². The summed E-state index contributed by atoms with van der Waals surface area (Å²) in [5.74, 6) is -0.495. The van der Waals surface area contributed by atoms with Crippen LogP contribution in [0.1, 0.15) is 26.7 Å². The van der Waals surface area contributed by atoms with E-state index in [0.717, 1.165) is 15.7 Å². The van der Waals surface area contributed by atoms with Crippen LogP contribution in [0.5, 0.6) is 0 Å². The molecule has 1 aliphatic heterocycles. The fourth-order valence-corrected chi connectivity index (χ4v) is 2.78. The van der Waals surface area contributed by atoms with Crippen molar-refractivity contribution in [3.05, 3.63) is 27.8 Å². The number of piperidine rings is 1. The summed E-state index contributed by atoms with van der Waals surface area (Å²) in [6, 6.07) is 7.86. The lowest BCUT2D eigenvalue weighted by Crippen LogP contribution is -2.45. The lowest BCUT2D eigenvalue weighted by Gasteiger charge is -2.32. The van der Waals surface area contributed by atoms with Crippen LogP contribution in [-0.4, -0.2) is 18.2 Å². The zero-order chi connectivity index (χ0) is 14.0. The molecule has 0 radical (unpaired) electrons. The number of Topliss-reactive ketones (excluding diaryl/α,β-unsaturated/α-hetero) is 1. The van der Waals surface area contributed by atoms with Crippen LogP contribution in [0, 0.1) is 15.4 Å². The average Bonchev–Trinajstić information content (AvgIpc) is 2.39. The minimum atomic E-state index is -0.451. The molecule has 1 heterocycles. The molecule has 1 aromatic carbocycles. The molecule has 1 saturated heterocycles. The highest BCUT2D eigenvalue weighted by Gasteiger charge is 2.35. The molecule has 0 aliphatic carbocycles. The zero-order valence-electron chi connectivity index (χ0n) is 11.2. The van der Waals surface area contributed by atoms with Crippen LogP contribution >= 0.6 is 22.6 Å². The number of benzene rings is 1. The second-order valence-electron chi connectivity index (χ2n) is 5.22. The normalized spacial score (nSPS) is 19.9. The monoisotopic (exact) mass is 371 g/mol. The number of amides is 1. The van der Waals surface area contributed by atoms with Gasteiger partial charge in [-0.1, -0.05) is 13.8 Å². The molecule has 1 aromatic rings. The Balaban J connectivity index is 2.21. The third-order valence-electron chi connectivity index (χ3n) is 3.49. The van der Waals surface area contributed by atoms with Gasteiger partial charge < -0.3 is 4.90 Å². The quantitative estimate of drug-likeness (QED) is 0.604. The first-order chi connectivity index (χ1) is 9.00. The molecule has 1 aliphatic rings. The first-order valence-corrected chi connectivity index (χ1v) is 7.69. The minimum absolute atomic E-state index is 0.0360. The van der Waals surface area contributed by atoms with E-state index in [-0.39, 0.29) is 17.6 Å². The van der Waals surface area contributed by atoms with Gasteiger partial charge in [-0.05, 0) is 59.7 Å². The molecule has 4 heteroatoms. The van der Waals surface area contributed by atoms with E-state index >= 15 is 0 Å². The van der Waals surface area contributed by atoms with Gasteiger partial charge in [0.15, 0.2) is 0 Å². The summed E-state index contributed by atoms with van der Waals surface area (Å²) < 4.78 is 1.14. The number of nitrogens with zero attached hydrogens (tertiary/aromatic N) is 1. The number of hydrogen-bond donors (Lipinski definition) is 0. The van der Waals surface area contributed by atoms with Crippen molar-refractivity contribution in [2.75, 3.05) is 11.4 Å². The van der Waals surface area contributed by atoms with Gasteiger partial charge in [0.05, 0.1) is 5.92 Å². The van der Waals surface area contributed by atoms with Crippen LogP contribution in [0.3, 0.4) is 0 Å². The Labute approximate surface area is 127 Å². The van der Waals surface area contributed by atoms with Gasteiger partial charge in [0.2, 0.25) is 5.91 Å². The topological polar surface area (TPSA) is 37.4 Å². The van der Waals surface area contributed by atoms with Gasteiger partial charge in [-0.2, -0.15) is 0 Å². The molecule has 1 atom stereocenters. The second-order valence-corrected chi connectivity index (χ2v) is 6.46. The van der Waals surface area contributed by atoms with Crippen molar-refractivity contribution in [3.8, 4) is 0 Å². The molecule has 19 heavy (non-hydrogen) atoms. The van der Waals surface area contributed by atoms with E-state index in [1.165, 1.54) is 0 Å². The average molecular weight is 371 g/mol. The molecule has 1 amide bonds. The van der Waals surface area contributed by atoms with Gasteiger partial charge in [-0.25, -0.2) is 0 Å². The van der Waals surface area contributed by atoms with Crippen LogP contribution in [0.15, 0.2) is 24.3 Å². The van der Waals surface area contributed by atoms with E-state index in [2.05, 4.69) is 22.6 Å². The maximum Gasteiger partial charge on any atom is 0.237 e. The summed E-state index contributed by atoms with van der Waals surface area (Å²) in [6.45, 7) is 4.43. The lowest BCUT2D eigenvalue weighted by molar-refractivity contribution is -0.135. The SMILES string of the molecule is CC(C)C(=O)[C@H]1CCCN(c2ccc(I)cc2)C1=O. The third-order valence-corrected chi connectivity index (χ3v) is 4.21. The summed E-state index contributed by atoms with van der Waals surface area (Å²) in [4.78, 5) is 26.3. The first kappa shape index (κ1) is 14.5. The number of ketones is 1. The molecule has 0 aromatic heterocycles. The Bertz CT molecular complexity index is 481. The van der Waals surface area contributed by atoms with Gasteiger partial charge >= 0.3 is 0 Å². The lowest BCUT2D eigenvalue weighted by atomic mass is 9.87. The van der Waals surface area contributed by atoms with E-state index in [4.69, 9.17) is 0 Å². The van der Waals surface area contributed by atoms with Crippen molar-refractivity contribution in [3.63, 3.8) is 0 Å². The largest absolute Gasteiger partial charge is 0.312 e. The molecule has 0 unspecified atom stereocenters. The van der Waals surface area contributed by atoms with E-state index in [1.54, 1.807) is 4.90 Å². The second kappa shape index (κ2) is 6.03. The number of anilines is 1. The Morgan fingerprint density at radius 2 is 1.95 bits per heavy atom. The molecule has 3 nitrogen and oxygen atoms in total. The summed E-state index contributed by atoms with van der Waals surface area (Å²) >= 11 is 2.24. The molecular weight excluding hydrogens is 353 g/mol. The fourth-order valence-electron chi connectivity index (χ4n) is 2.42. The minimum Gasteiger partial charge on any atom is -0.312 e. The highest BCUT2D eigenvalue weighted by Crippen LogP contribution is 2.27. The van der Waals surface area contributed by atoms with Gasteiger partial charge in [0.1, 0.15) is 5.78 Å². The number of halogens is 1. The molecule has 1 fully saturated rings. The van der Waals surface area contributed by atoms with E-state index in [9.17, 15) is 9.59 Å². The van der Waals surface area contributed by atoms with E-state index in [1.807, 2.05) is 38.1 Å². The van der Waals surface area contributed by atoms with Crippen molar-refractivity contribution < 1.29 is 9.59 Å². The van der Waals surface area contributed by atoms with Gasteiger partial charge in [-0.15, -0.1) is 0 Å². The summed E-state index contributed by atoms with van der Waals surface area (Å²) in [6.07, 6.45) is 1.58. The maximum absolute atomic E-state index is 12.5. The fraction of sp³-hybridized carbons (Fsp3) is 0.467. The summed E-state index contributed by atoms with van der Waals surface area (Å²) in [7, 11) is 0. The van der Waals surface area contributed by atoms with Gasteiger partial charge in [0.25, 0.3) is 0 Å². The molecule has 2 rings (SSSR count). The number of hydrogen-bond acceptors (Lipinski definition) is 2. The first-order valence-electron chi connectivity index (χ1n) is 6.61. The molecule has 0 saturated carbocycles. The predicted octanol–water partition coefficient (Wildman–Crippen LogP) is 3.26. The maximum atomic E-state index is 12.5. The highest BCUT2D eigenvalue weighted by molar-refractivity contribution is 14.1. The number of carbonyl (C=O) groups is 2. The third kappa shape index (κ3) is 3.16. The van der Waals surface area contributed by atoms with Gasteiger partial charge in [-0.3, -0.25) is 9.59 Å². The number of rotatable bonds is 3. The summed E-state index contributed by atoms with van der Waals surface area (Å²) in [5, 5.41) is 0. The Hall–Kier alpha value is -0.910. The van der Waals surface area contributed by atoms with Crippen molar-refractivity contribution in [1.29, 1.82) is 0 Å². The Morgan fingerprint density at radius 1 is 1.32 bits per heavy atom. The zero-order valence-corrected chi connectivity index (χ0v) is 13.4. The van der Waals surface area contributed by atoms with E-state index < -0.39 is 5.92 Å². The Kier molecular flexibility index (Phi) is 4.60. The Morgan fingerprint density at radius 3 is 2.53 bits per heavy atom. The smallest absolute Gasteiger partial charge is 0.237 e. The van der Waals surface area contributed by atoms with Crippen LogP contribution in [0.4, 0.5) is 5.69 Å². The standard InChI is InChI=1S/C15H18INO2/c1-10(2)14(18)13-4-3-9-17(15(13)19)12-7-5-11(16)6-8-12/h5-8,10,13H,3-4,9H2,1-2H3/t13-/m1/s1. The molecule has 102 valence electrons. The highest BCUT2D eigenvalue weighted by atomic mass is 127.